The number of alkyl carbamates (subject to hydrolysis) is 1. The molecule has 28 heavy (non-hydrogen) atoms. The van der Waals surface area contributed by atoms with Crippen LogP contribution in [0.3, 0.4) is 0 Å². The van der Waals surface area contributed by atoms with Gasteiger partial charge >= 0.3 is 12.1 Å². The van der Waals surface area contributed by atoms with E-state index in [0.717, 1.165) is 30.3 Å². The summed E-state index contributed by atoms with van der Waals surface area (Å²) in [7, 11) is 0. The Morgan fingerprint density at radius 3 is 2.79 bits per heavy atom. The Hall–Kier alpha value is -2.57. The van der Waals surface area contributed by atoms with Crippen LogP contribution in [-0.4, -0.2) is 40.4 Å². The van der Waals surface area contributed by atoms with Crippen molar-refractivity contribution >= 4 is 17.6 Å². The van der Waals surface area contributed by atoms with Crippen LogP contribution >= 0.6 is 0 Å². The molecule has 1 unspecified atom stereocenters. The van der Waals surface area contributed by atoms with Gasteiger partial charge in [-0.15, -0.1) is 0 Å². The number of rotatable bonds is 5. The Balaban J connectivity index is 1.83. The van der Waals surface area contributed by atoms with Crippen molar-refractivity contribution in [3.63, 3.8) is 0 Å². The molecule has 0 aliphatic heterocycles. The fourth-order valence-electron chi connectivity index (χ4n) is 3.86. The lowest BCUT2D eigenvalue weighted by Crippen LogP contribution is -2.33. The highest BCUT2D eigenvalue weighted by molar-refractivity contribution is 5.99. The zero-order valence-corrected chi connectivity index (χ0v) is 17.3. The van der Waals surface area contributed by atoms with E-state index in [1.807, 2.05) is 33.9 Å². The predicted molar refractivity (Wildman–Crippen MR) is 106 cm³/mol. The zero-order chi connectivity index (χ0) is 20.5. The molecule has 1 amide bonds. The molecule has 1 aliphatic carbocycles. The number of esters is 1. The summed E-state index contributed by atoms with van der Waals surface area (Å²) in [6.07, 6.45) is 4.22. The molecule has 2 aromatic heterocycles. The number of aryl methyl sites for hydroxylation is 2. The molecule has 0 aromatic carbocycles. The van der Waals surface area contributed by atoms with E-state index < -0.39 is 11.7 Å². The number of carbonyl (C=O) groups is 2. The summed E-state index contributed by atoms with van der Waals surface area (Å²) < 4.78 is 12.3. The summed E-state index contributed by atoms with van der Waals surface area (Å²) in [5.74, 6) is -0.0844. The van der Waals surface area contributed by atoms with E-state index in [4.69, 9.17) is 9.47 Å². The van der Waals surface area contributed by atoms with Crippen molar-refractivity contribution < 1.29 is 19.1 Å². The quantitative estimate of drug-likeness (QED) is 0.790. The second kappa shape index (κ2) is 7.81. The summed E-state index contributed by atoms with van der Waals surface area (Å²) in [5, 5.41) is 7.34. The summed E-state index contributed by atoms with van der Waals surface area (Å²) in [6.45, 7) is 10.0. The first-order valence-corrected chi connectivity index (χ1v) is 9.86. The van der Waals surface area contributed by atoms with E-state index in [9.17, 15) is 9.59 Å². The standard InChI is InChI=1S/C21H29N3O4/c1-6-27-19(25)16-13(2)23-24-12-10-15-8-7-14(17(15)18(16)24)9-11-22-20(26)28-21(3,4)5/h10,12,14H,6-9,11H2,1-5H3,(H,22,26). The van der Waals surface area contributed by atoms with Gasteiger partial charge in [0, 0.05) is 12.7 Å². The first-order valence-electron chi connectivity index (χ1n) is 9.86. The molecular formula is C21H29N3O4. The van der Waals surface area contributed by atoms with E-state index in [2.05, 4.69) is 16.5 Å². The van der Waals surface area contributed by atoms with Gasteiger partial charge in [0.25, 0.3) is 0 Å². The van der Waals surface area contributed by atoms with Crippen molar-refractivity contribution in [2.24, 2.45) is 0 Å². The van der Waals surface area contributed by atoms with Gasteiger partial charge in [0.2, 0.25) is 0 Å². The van der Waals surface area contributed by atoms with Gasteiger partial charge in [-0.3, -0.25) is 0 Å². The smallest absolute Gasteiger partial charge is 0.407 e. The number of hydrogen-bond donors (Lipinski definition) is 1. The maximum Gasteiger partial charge on any atom is 0.407 e. The van der Waals surface area contributed by atoms with Gasteiger partial charge in [0.1, 0.15) is 11.2 Å². The first kappa shape index (κ1) is 20.2. The molecule has 2 heterocycles. The van der Waals surface area contributed by atoms with Crippen LogP contribution in [0.15, 0.2) is 12.3 Å². The maximum atomic E-state index is 12.5. The Morgan fingerprint density at radius 1 is 1.36 bits per heavy atom. The van der Waals surface area contributed by atoms with Crippen LogP contribution in [0.5, 0.6) is 0 Å². The third-order valence-corrected chi connectivity index (χ3v) is 4.91. The third kappa shape index (κ3) is 4.13. The zero-order valence-electron chi connectivity index (χ0n) is 17.3. The summed E-state index contributed by atoms with van der Waals surface area (Å²) in [4.78, 5) is 24.4. The fourth-order valence-corrected chi connectivity index (χ4v) is 3.86. The van der Waals surface area contributed by atoms with Crippen molar-refractivity contribution in [1.29, 1.82) is 0 Å². The Bertz CT molecular complexity index is 895. The lowest BCUT2D eigenvalue weighted by atomic mass is 9.95. The van der Waals surface area contributed by atoms with Gasteiger partial charge in [-0.1, -0.05) is 0 Å². The number of ether oxygens (including phenoxy) is 2. The number of hydrogen-bond acceptors (Lipinski definition) is 5. The third-order valence-electron chi connectivity index (χ3n) is 4.91. The second-order valence-electron chi connectivity index (χ2n) is 8.18. The second-order valence-corrected chi connectivity index (χ2v) is 8.18. The monoisotopic (exact) mass is 387 g/mol. The lowest BCUT2D eigenvalue weighted by molar-refractivity contribution is 0.0517. The van der Waals surface area contributed by atoms with Gasteiger partial charge in [0.05, 0.1) is 17.8 Å². The average Bonchev–Trinajstić information content (AvgIpc) is 3.13. The van der Waals surface area contributed by atoms with E-state index in [1.54, 1.807) is 11.4 Å². The molecule has 1 atom stereocenters. The fraction of sp³-hybridized carbons (Fsp3) is 0.571. The number of amides is 1. The maximum absolute atomic E-state index is 12.5. The molecule has 0 bridgehead atoms. The molecule has 1 aliphatic rings. The minimum atomic E-state index is -0.514. The highest BCUT2D eigenvalue weighted by Gasteiger charge is 2.30. The van der Waals surface area contributed by atoms with Crippen molar-refractivity contribution in [2.75, 3.05) is 13.2 Å². The number of pyridine rings is 1. The number of nitrogens with zero attached hydrogens (tertiary/aromatic N) is 2. The van der Waals surface area contributed by atoms with E-state index >= 15 is 0 Å². The molecule has 152 valence electrons. The minimum absolute atomic E-state index is 0.248. The van der Waals surface area contributed by atoms with Crippen LogP contribution < -0.4 is 5.32 Å². The van der Waals surface area contributed by atoms with Crippen molar-refractivity contribution in [3.05, 3.63) is 34.6 Å². The number of nitrogens with one attached hydrogen (secondary N) is 1. The molecule has 7 heteroatoms. The van der Waals surface area contributed by atoms with Gasteiger partial charge in [-0.2, -0.15) is 5.10 Å². The van der Waals surface area contributed by atoms with Gasteiger partial charge in [-0.05, 0) is 77.0 Å². The Morgan fingerprint density at radius 2 is 2.11 bits per heavy atom. The van der Waals surface area contributed by atoms with Crippen molar-refractivity contribution in [3.8, 4) is 0 Å². The van der Waals surface area contributed by atoms with Crippen LogP contribution in [-0.2, 0) is 15.9 Å². The molecule has 2 aromatic rings. The predicted octanol–water partition coefficient (Wildman–Crippen LogP) is 3.76. The Labute approximate surface area is 165 Å². The van der Waals surface area contributed by atoms with Crippen molar-refractivity contribution in [1.82, 2.24) is 14.9 Å². The SMILES string of the molecule is CCOC(=O)c1c(C)nn2ccc3c(c12)C(CCNC(=O)OC(C)(C)C)CC3. The van der Waals surface area contributed by atoms with E-state index in [1.165, 1.54) is 5.56 Å². The van der Waals surface area contributed by atoms with E-state index in [0.29, 0.717) is 24.4 Å². The largest absolute Gasteiger partial charge is 0.462 e. The molecule has 1 N–H and O–H groups in total. The molecule has 0 spiro atoms. The number of aromatic nitrogens is 2. The van der Waals surface area contributed by atoms with Crippen LogP contribution in [0.1, 0.15) is 73.6 Å². The molecule has 3 rings (SSSR count). The van der Waals surface area contributed by atoms with Gasteiger partial charge in [-0.25, -0.2) is 14.1 Å². The molecule has 0 saturated carbocycles. The van der Waals surface area contributed by atoms with Crippen LogP contribution in [0.25, 0.3) is 5.52 Å². The highest BCUT2D eigenvalue weighted by atomic mass is 16.6. The van der Waals surface area contributed by atoms with Crippen LogP contribution in [0.4, 0.5) is 4.79 Å². The molecule has 0 radical (unpaired) electrons. The first-order chi connectivity index (χ1) is 13.2. The minimum Gasteiger partial charge on any atom is -0.462 e. The van der Waals surface area contributed by atoms with Gasteiger partial charge < -0.3 is 14.8 Å². The molecule has 0 saturated heterocycles. The summed E-state index contributed by atoms with van der Waals surface area (Å²) in [6, 6.07) is 2.07. The topological polar surface area (TPSA) is 81.9 Å². The van der Waals surface area contributed by atoms with Crippen LogP contribution in [0.2, 0.25) is 0 Å². The van der Waals surface area contributed by atoms with Gasteiger partial charge in [0.15, 0.2) is 0 Å². The summed E-state index contributed by atoms with van der Waals surface area (Å²) in [5.41, 5.74) is 3.93. The van der Waals surface area contributed by atoms with Crippen LogP contribution in [0, 0.1) is 6.92 Å². The van der Waals surface area contributed by atoms with Crippen molar-refractivity contribution in [2.45, 2.75) is 65.4 Å². The highest BCUT2D eigenvalue weighted by Crippen LogP contribution is 2.39. The average molecular weight is 387 g/mol. The van der Waals surface area contributed by atoms with E-state index in [-0.39, 0.29) is 11.9 Å². The molecule has 7 nitrogen and oxygen atoms in total. The molecule has 0 fully saturated rings. The summed E-state index contributed by atoms with van der Waals surface area (Å²) >= 11 is 0. The Kier molecular flexibility index (Phi) is 5.63. The number of fused-ring (bicyclic) bond motifs is 3. The molecular weight excluding hydrogens is 358 g/mol. The number of carbonyl (C=O) groups excluding carboxylic acids is 2. The normalized spacial score (nSPS) is 16.1. The lowest BCUT2D eigenvalue weighted by Gasteiger charge is -2.20.